The third-order valence-corrected chi connectivity index (χ3v) is 3.20. The minimum Gasteiger partial charge on any atom is -0.490 e. The van der Waals surface area contributed by atoms with Crippen LogP contribution in [-0.2, 0) is 0 Å². The summed E-state index contributed by atoms with van der Waals surface area (Å²) in [5.74, 6) is 2.05. The molecule has 0 fully saturated rings. The highest BCUT2D eigenvalue weighted by Crippen LogP contribution is 2.18. The van der Waals surface area contributed by atoms with Crippen LogP contribution in [0.25, 0.3) is 0 Å². The molecule has 0 atom stereocenters. The van der Waals surface area contributed by atoms with Gasteiger partial charge in [-0.2, -0.15) is 0 Å². The van der Waals surface area contributed by atoms with Crippen molar-refractivity contribution in [2.75, 3.05) is 0 Å². The smallest absolute Gasteiger partial charge is 0.490 e. The Morgan fingerprint density at radius 3 is 1.35 bits per heavy atom. The predicted molar refractivity (Wildman–Crippen MR) is 91.7 cm³/mol. The molecule has 0 unspecified atom stereocenters. The summed E-state index contributed by atoms with van der Waals surface area (Å²) in [6.45, 7) is 2.03. The Kier molecular flexibility index (Phi) is 4.84. The standard InChI is InChI=1S/C19H17BO3/c1-16-12-14-19(15-13-16)23-20(21-17-8-4-2-5-9-17)22-18-10-6-3-7-11-18/h2-15H,1H3. The van der Waals surface area contributed by atoms with E-state index in [1.54, 1.807) is 0 Å². The second kappa shape index (κ2) is 7.41. The van der Waals surface area contributed by atoms with E-state index in [-0.39, 0.29) is 0 Å². The molecule has 0 radical (unpaired) electrons. The lowest BCUT2D eigenvalue weighted by Crippen LogP contribution is -2.36. The van der Waals surface area contributed by atoms with Crippen molar-refractivity contribution >= 4 is 7.32 Å². The molecule has 0 aliphatic heterocycles. The number of rotatable bonds is 6. The van der Waals surface area contributed by atoms with E-state index in [1.165, 1.54) is 5.56 Å². The zero-order chi connectivity index (χ0) is 15.9. The first kappa shape index (κ1) is 15.0. The average Bonchev–Trinajstić information content (AvgIpc) is 2.59. The number of aryl methyl sites for hydroxylation is 1. The van der Waals surface area contributed by atoms with Crippen LogP contribution in [0.3, 0.4) is 0 Å². The molecule has 0 aliphatic rings. The predicted octanol–water partition coefficient (Wildman–Crippen LogP) is 4.52. The van der Waals surface area contributed by atoms with Gasteiger partial charge in [0.05, 0.1) is 0 Å². The van der Waals surface area contributed by atoms with Crippen LogP contribution in [-0.4, -0.2) is 7.32 Å². The van der Waals surface area contributed by atoms with Crippen molar-refractivity contribution in [3.05, 3.63) is 90.5 Å². The van der Waals surface area contributed by atoms with Crippen molar-refractivity contribution < 1.29 is 14.0 Å². The lowest BCUT2D eigenvalue weighted by Gasteiger charge is -2.16. The van der Waals surface area contributed by atoms with E-state index in [2.05, 4.69) is 0 Å². The Hall–Kier alpha value is -2.88. The normalized spacial score (nSPS) is 9.96. The molecule has 4 heteroatoms. The number of hydrogen-bond acceptors (Lipinski definition) is 3. The van der Waals surface area contributed by atoms with Crippen molar-refractivity contribution in [3.63, 3.8) is 0 Å². The molecular weight excluding hydrogens is 287 g/mol. The van der Waals surface area contributed by atoms with Gasteiger partial charge in [-0.15, -0.1) is 0 Å². The highest BCUT2D eigenvalue weighted by Gasteiger charge is 2.30. The summed E-state index contributed by atoms with van der Waals surface area (Å²) >= 11 is 0. The van der Waals surface area contributed by atoms with Crippen molar-refractivity contribution in [2.24, 2.45) is 0 Å². The van der Waals surface area contributed by atoms with Gasteiger partial charge < -0.3 is 14.0 Å². The number of para-hydroxylation sites is 2. The Balaban J connectivity index is 1.76. The molecule has 3 nitrogen and oxygen atoms in total. The van der Waals surface area contributed by atoms with E-state index in [4.69, 9.17) is 14.0 Å². The molecule has 3 aromatic carbocycles. The fourth-order valence-corrected chi connectivity index (χ4v) is 2.02. The highest BCUT2D eigenvalue weighted by atomic mass is 16.7. The van der Waals surface area contributed by atoms with Crippen LogP contribution < -0.4 is 14.0 Å². The van der Waals surface area contributed by atoms with Crippen LogP contribution in [0.15, 0.2) is 84.9 Å². The average molecular weight is 304 g/mol. The molecule has 0 spiro atoms. The minimum absolute atomic E-state index is 0.681. The molecular formula is C19H17BO3. The molecule has 0 N–H and O–H groups in total. The Bertz CT molecular complexity index is 673. The van der Waals surface area contributed by atoms with E-state index in [0.717, 1.165) is 0 Å². The van der Waals surface area contributed by atoms with Crippen LogP contribution in [0.1, 0.15) is 5.56 Å². The molecule has 0 aliphatic carbocycles. The van der Waals surface area contributed by atoms with Gasteiger partial charge in [0.1, 0.15) is 17.2 Å². The van der Waals surface area contributed by atoms with Gasteiger partial charge in [0.2, 0.25) is 0 Å². The van der Waals surface area contributed by atoms with Crippen molar-refractivity contribution in [3.8, 4) is 17.2 Å². The Morgan fingerprint density at radius 2 is 0.913 bits per heavy atom. The molecule has 3 aromatic rings. The fraction of sp³-hybridized carbons (Fsp3) is 0.0526. The topological polar surface area (TPSA) is 27.7 Å². The van der Waals surface area contributed by atoms with E-state index < -0.39 is 7.32 Å². The Labute approximate surface area is 136 Å². The molecule has 23 heavy (non-hydrogen) atoms. The maximum atomic E-state index is 5.83. The number of benzene rings is 3. The summed E-state index contributed by atoms with van der Waals surface area (Å²) in [5, 5.41) is 0. The summed E-state index contributed by atoms with van der Waals surface area (Å²) in [5.41, 5.74) is 1.17. The summed E-state index contributed by atoms with van der Waals surface area (Å²) in [7, 11) is -0.873. The van der Waals surface area contributed by atoms with Gasteiger partial charge in [-0.3, -0.25) is 0 Å². The fourth-order valence-electron chi connectivity index (χ4n) is 2.02. The van der Waals surface area contributed by atoms with Crippen molar-refractivity contribution in [2.45, 2.75) is 6.92 Å². The highest BCUT2D eigenvalue weighted by molar-refractivity contribution is 6.39. The lowest BCUT2D eigenvalue weighted by molar-refractivity contribution is 0.307. The summed E-state index contributed by atoms with van der Waals surface area (Å²) in [4.78, 5) is 0. The van der Waals surface area contributed by atoms with Gasteiger partial charge in [0.15, 0.2) is 0 Å². The quantitative estimate of drug-likeness (QED) is 0.627. The summed E-state index contributed by atoms with van der Waals surface area (Å²) < 4.78 is 17.4. The van der Waals surface area contributed by atoms with E-state index in [1.807, 2.05) is 91.9 Å². The second-order valence-corrected chi connectivity index (χ2v) is 5.08. The molecule has 0 amide bonds. The molecule has 0 bridgehead atoms. The maximum Gasteiger partial charge on any atom is 0.864 e. The zero-order valence-corrected chi connectivity index (χ0v) is 12.9. The van der Waals surface area contributed by atoms with Crippen LogP contribution in [0.4, 0.5) is 0 Å². The van der Waals surface area contributed by atoms with Crippen LogP contribution >= 0.6 is 0 Å². The third kappa shape index (κ3) is 4.55. The van der Waals surface area contributed by atoms with Gasteiger partial charge in [-0.25, -0.2) is 0 Å². The molecule has 0 saturated carbocycles. The van der Waals surface area contributed by atoms with Crippen LogP contribution in [0, 0.1) is 6.92 Å². The maximum absolute atomic E-state index is 5.83. The molecule has 0 heterocycles. The van der Waals surface area contributed by atoms with E-state index in [0.29, 0.717) is 17.2 Å². The molecule has 0 aromatic heterocycles. The minimum atomic E-state index is -0.873. The van der Waals surface area contributed by atoms with Crippen molar-refractivity contribution in [1.29, 1.82) is 0 Å². The van der Waals surface area contributed by atoms with Crippen LogP contribution in [0.2, 0.25) is 0 Å². The first-order valence-electron chi connectivity index (χ1n) is 7.46. The Morgan fingerprint density at radius 1 is 0.522 bits per heavy atom. The second-order valence-electron chi connectivity index (χ2n) is 5.08. The monoisotopic (exact) mass is 304 g/mol. The van der Waals surface area contributed by atoms with Gasteiger partial charge in [-0.05, 0) is 43.3 Å². The molecule has 3 rings (SSSR count). The first-order valence-corrected chi connectivity index (χ1v) is 7.46. The van der Waals surface area contributed by atoms with Crippen LogP contribution in [0.5, 0.6) is 17.2 Å². The third-order valence-electron chi connectivity index (χ3n) is 3.20. The van der Waals surface area contributed by atoms with E-state index >= 15 is 0 Å². The molecule has 114 valence electrons. The van der Waals surface area contributed by atoms with Gasteiger partial charge in [0.25, 0.3) is 0 Å². The SMILES string of the molecule is Cc1ccc(OB(Oc2ccccc2)Oc2ccccc2)cc1. The van der Waals surface area contributed by atoms with Gasteiger partial charge in [0, 0.05) is 0 Å². The molecule has 0 saturated heterocycles. The zero-order valence-electron chi connectivity index (χ0n) is 12.9. The van der Waals surface area contributed by atoms with E-state index in [9.17, 15) is 0 Å². The van der Waals surface area contributed by atoms with Gasteiger partial charge in [-0.1, -0.05) is 54.1 Å². The van der Waals surface area contributed by atoms with Gasteiger partial charge >= 0.3 is 7.32 Å². The number of hydrogen-bond donors (Lipinski definition) is 0. The lowest BCUT2D eigenvalue weighted by atomic mass is 10.1. The summed E-state index contributed by atoms with van der Waals surface area (Å²) in [6.07, 6.45) is 0. The van der Waals surface area contributed by atoms with Crippen molar-refractivity contribution in [1.82, 2.24) is 0 Å². The largest absolute Gasteiger partial charge is 0.864 e. The summed E-state index contributed by atoms with van der Waals surface area (Å²) in [6, 6.07) is 26.7. The first-order chi connectivity index (χ1) is 11.3.